The van der Waals surface area contributed by atoms with Crippen LogP contribution in [0.3, 0.4) is 0 Å². The molecule has 5 rings (SSSR count). The molecule has 1 aromatic heterocycles. The summed E-state index contributed by atoms with van der Waals surface area (Å²) in [5.41, 5.74) is 3.98. The maximum Gasteiger partial charge on any atom is 0.234 e. The van der Waals surface area contributed by atoms with Crippen LogP contribution in [0.15, 0.2) is 22.7 Å². The first kappa shape index (κ1) is 12.1. The summed E-state index contributed by atoms with van der Waals surface area (Å²) in [4.78, 5) is 4.65. The van der Waals surface area contributed by atoms with E-state index in [1.807, 2.05) is 0 Å². The average molecular weight is 269 g/mol. The van der Waals surface area contributed by atoms with E-state index in [0.29, 0.717) is 6.04 Å². The molecule has 4 heteroatoms. The number of nitrogens with zero attached hydrogens (tertiary/aromatic N) is 2. The molecule has 1 aromatic carbocycles. The fourth-order valence-electron chi connectivity index (χ4n) is 3.46. The standard InChI is InChI=1S/C16H19N3O/c1-10-3-4-11(2)12(5-10)6-14-18-15(20-19-14)16-7-13(8-16)17-9-16/h3-5,13,17H,6-9H2,1-2H3. The van der Waals surface area contributed by atoms with Crippen molar-refractivity contribution in [1.29, 1.82) is 0 Å². The Bertz CT molecular complexity index is 650. The molecule has 0 atom stereocenters. The van der Waals surface area contributed by atoms with Crippen LogP contribution in [0, 0.1) is 13.8 Å². The SMILES string of the molecule is Cc1ccc(C)c(Cc2noc(C34CNC(C3)C4)n2)c1. The largest absolute Gasteiger partial charge is 0.339 e. The normalized spacial score (nSPS) is 27.6. The molecule has 2 aromatic rings. The fourth-order valence-corrected chi connectivity index (χ4v) is 3.46. The lowest BCUT2D eigenvalue weighted by atomic mass is 9.70. The molecule has 1 N–H and O–H groups in total. The van der Waals surface area contributed by atoms with E-state index in [9.17, 15) is 0 Å². The Morgan fingerprint density at radius 1 is 1.35 bits per heavy atom. The van der Waals surface area contributed by atoms with Gasteiger partial charge in [-0.25, -0.2) is 0 Å². The second-order valence-corrected chi connectivity index (χ2v) is 6.39. The van der Waals surface area contributed by atoms with Crippen LogP contribution in [0.2, 0.25) is 0 Å². The summed E-state index contributed by atoms with van der Waals surface area (Å²) in [6, 6.07) is 7.17. The van der Waals surface area contributed by atoms with Gasteiger partial charge in [-0.2, -0.15) is 4.98 Å². The molecule has 20 heavy (non-hydrogen) atoms. The number of fused-ring (bicyclic) bond motifs is 1. The first-order valence-corrected chi connectivity index (χ1v) is 7.27. The zero-order valence-electron chi connectivity index (χ0n) is 11.9. The highest BCUT2D eigenvalue weighted by molar-refractivity contribution is 5.32. The van der Waals surface area contributed by atoms with Gasteiger partial charge in [-0.3, -0.25) is 0 Å². The quantitative estimate of drug-likeness (QED) is 0.928. The molecular weight excluding hydrogens is 250 g/mol. The number of rotatable bonds is 3. The van der Waals surface area contributed by atoms with Crippen molar-refractivity contribution in [2.24, 2.45) is 0 Å². The Morgan fingerprint density at radius 3 is 2.95 bits per heavy atom. The minimum atomic E-state index is 0.136. The van der Waals surface area contributed by atoms with Gasteiger partial charge >= 0.3 is 0 Å². The lowest BCUT2D eigenvalue weighted by Crippen LogP contribution is -2.37. The van der Waals surface area contributed by atoms with Crippen LogP contribution in [0.4, 0.5) is 0 Å². The second-order valence-electron chi connectivity index (χ2n) is 6.39. The Hall–Kier alpha value is -1.68. The summed E-state index contributed by atoms with van der Waals surface area (Å²) in [7, 11) is 0. The molecular formula is C16H19N3O. The summed E-state index contributed by atoms with van der Waals surface area (Å²) in [5, 5.41) is 7.66. The topological polar surface area (TPSA) is 51.0 Å². The van der Waals surface area contributed by atoms with Gasteiger partial charge < -0.3 is 9.84 Å². The number of aryl methyl sites for hydroxylation is 2. The van der Waals surface area contributed by atoms with Crippen LogP contribution in [0.25, 0.3) is 0 Å². The molecule has 0 spiro atoms. The number of hydrogen-bond donors (Lipinski definition) is 1. The molecule has 1 saturated carbocycles. The third-order valence-electron chi connectivity index (χ3n) is 4.78. The highest BCUT2D eigenvalue weighted by Crippen LogP contribution is 2.47. The van der Waals surface area contributed by atoms with Crippen molar-refractivity contribution in [2.75, 3.05) is 6.54 Å². The maximum absolute atomic E-state index is 5.53. The predicted molar refractivity (Wildman–Crippen MR) is 75.7 cm³/mol. The highest BCUT2D eigenvalue weighted by Gasteiger charge is 2.55. The maximum atomic E-state index is 5.53. The van der Waals surface area contributed by atoms with Gasteiger partial charge in [0.25, 0.3) is 0 Å². The molecule has 3 fully saturated rings. The smallest absolute Gasteiger partial charge is 0.234 e. The molecule has 0 amide bonds. The number of benzene rings is 1. The molecule has 2 bridgehead atoms. The fraction of sp³-hybridized carbons (Fsp3) is 0.500. The molecule has 0 unspecified atom stereocenters. The molecule has 1 aliphatic carbocycles. The minimum Gasteiger partial charge on any atom is -0.339 e. The van der Waals surface area contributed by atoms with Gasteiger partial charge in [0.2, 0.25) is 5.89 Å². The highest BCUT2D eigenvalue weighted by atomic mass is 16.5. The van der Waals surface area contributed by atoms with Crippen molar-refractivity contribution < 1.29 is 4.52 Å². The Morgan fingerprint density at radius 2 is 2.20 bits per heavy atom. The van der Waals surface area contributed by atoms with Crippen LogP contribution in [-0.4, -0.2) is 22.7 Å². The third-order valence-corrected chi connectivity index (χ3v) is 4.78. The van der Waals surface area contributed by atoms with Crippen LogP contribution in [-0.2, 0) is 11.8 Å². The van der Waals surface area contributed by atoms with Crippen molar-refractivity contribution in [1.82, 2.24) is 15.5 Å². The summed E-state index contributed by atoms with van der Waals surface area (Å²) in [5.74, 6) is 1.64. The monoisotopic (exact) mass is 269 g/mol. The van der Waals surface area contributed by atoms with Gasteiger partial charge in [0.05, 0.1) is 5.41 Å². The molecule has 2 saturated heterocycles. The van der Waals surface area contributed by atoms with Crippen molar-refractivity contribution in [2.45, 2.75) is 44.6 Å². The van der Waals surface area contributed by atoms with Gasteiger partial charge in [0.1, 0.15) is 0 Å². The molecule has 3 aliphatic rings. The number of hydrogen-bond acceptors (Lipinski definition) is 4. The predicted octanol–water partition coefficient (Wildman–Crippen LogP) is 2.28. The first-order chi connectivity index (χ1) is 9.64. The van der Waals surface area contributed by atoms with Crippen molar-refractivity contribution in [3.63, 3.8) is 0 Å². The van der Waals surface area contributed by atoms with E-state index >= 15 is 0 Å². The summed E-state index contributed by atoms with van der Waals surface area (Å²) in [6.07, 6.45) is 3.06. The molecule has 3 heterocycles. The number of aromatic nitrogens is 2. The van der Waals surface area contributed by atoms with Gasteiger partial charge in [0.15, 0.2) is 5.82 Å². The zero-order chi connectivity index (χ0) is 13.7. The van der Waals surface area contributed by atoms with E-state index in [1.54, 1.807) is 0 Å². The van der Waals surface area contributed by atoms with Gasteiger partial charge in [-0.1, -0.05) is 28.9 Å². The van der Waals surface area contributed by atoms with Crippen LogP contribution in [0.1, 0.15) is 41.2 Å². The van der Waals surface area contributed by atoms with E-state index in [0.717, 1.165) is 37.5 Å². The first-order valence-electron chi connectivity index (χ1n) is 7.27. The van der Waals surface area contributed by atoms with Crippen molar-refractivity contribution in [3.8, 4) is 0 Å². The zero-order valence-corrected chi connectivity index (χ0v) is 11.9. The van der Waals surface area contributed by atoms with E-state index < -0.39 is 0 Å². The van der Waals surface area contributed by atoms with Gasteiger partial charge in [0, 0.05) is 19.0 Å². The average Bonchev–Trinajstić information content (AvgIpc) is 3.06. The van der Waals surface area contributed by atoms with Crippen LogP contribution < -0.4 is 5.32 Å². The van der Waals surface area contributed by atoms with E-state index in [4.69, 9.17) is 4.52 Å². The van der Waals surface area contributed by atoms with Crippen molar-refractivity contribution in [3.05, 3.63) is 46.6 Å². The lowest BCUT2D eigenvalue weighted by Gasteiger charge is -2.32. The Kier molecular flexibility index (Phi) is 2.51. The van der Waals surface area contributed by atoms with E-state index in [2.05, 4.69) is 47.5 Å². The molecule has 4 nitrogen and oxygen atoms in total. The molecule has 104 valence electrons. The van der Waals surface area contributed by atoms with Crippen LogP contribution >= 0.6 is 0 Å². The summed E-state index contributed by atoms with van der Waals surface area (Å²) >= 11 is 0. The number of nitrogens with one attached hydrogen (secondary N) is 1. The van der Waals surface area contributed by atoms with Crippen molar-refractivity contribution >= 4 is 0 Å². The summed E-state index contributed by atoms with van der Waals surface area (Å²) in [6.45, 7) is 5.23. The molecule has 0 radical (unpaired) electrons. The lowest BCUT2D eigenvalue weighted by molar-refractivity contribution is 0.219. The van der Waals surface area contributed by atoms with E-state index in [-0.39, 0.29) is 5.41 Å². The minimum absolute atomic E-state index is 0.136. The third kappa shape index (κ3) is 1.79. The van der Waals surface area contributed by atoms with Gasteiger partial charge in [-0.15, -0.1) is 0 Å². The summed E-state index contributed by atoms with van der Waals surface area (Å²) < 4.78 is 5.53. The van der Waals surface area contributed by atoms with Gasteiger partial charge in [-0.05, 0) is 37.8 Å². The van der Waals surface area contributed by atoms with E-state index in [1.165, 1.54) is 16.7 Å². The Labute approximate surface area is 118 Å². The van der Waals surface area contributed by atoms with Crippen LogP contribution in [0.5, 0.6) is 0 Å². The second kappa shape index (κ2) is 4.16. The molecule has 2 aliphatic heterocycles. The Balaban J connectivity index is 1.58.